The molecular weight excluding hydrogens is 194 g/mol. The van der Waals surface area contributed by atoms with Gasteiger partial charge in [-0.05, 0) is 19.8 Å². The minimum absolute atomic E-state index is 0.398. The quantitative estimate of drug-likeness (QED) is 0.753. The summed E-state index contributed by atoms with van der Waals surface area (Å²) >= 11 is 0. The lowest BCUT2D eigenvalue weighted by atomic mass is 10.2. The second-order valence-electron chi connectivity index (χ2n) is 3.60. The van der Waals surface area contributed by atoms with Crippen molar-refractivity contribution in [2.75, 3.05) is 12.4 Å². The number of nitrogens with one attached hydrogen (secondary N) is 1. The fourth-order valence-electron chi connectivity index (χ4n) is 1.26. The van der Waals surface area contributed by atoms with Gasteiger partial charge in [-0.3, -0.25) is 0 Å². The molecule has 0 saturated heterocycles. The van der Waals surface area contributed by atoms with Gasteiger partial charge in [-0.2, -0.15) is 0 Å². The van der Waals surface area contributed by atoms with E-state index in [1.807, 2.05) is 0 Å². The maximum absolute atomic E-state index is 11.3. The zero-order chi connectivity index (χ0) is 10.8. The molecule has 1 heterocycles. The highest BCUT2D eigenvalue weighted by Crippen LogP contribution is 2.23. The smallest absolute Gasteiger partial charge is 0.341 e. The van der Waals surface area contributed by atoms with Crippen molar-refractivity contribution in [1.82, 2.24) is 9.97 Å². The Morgan fingerprint density at radius 1 is 1.60 bits per heavy atom. The molecule has 5 nitrogen and oxygen atoms in total. The van der Waals surface area contributed by atoms with Gasteiger partial charge in [0.05, 0.1) is 18.4 Å². The van der Waals surface area contributed by atoms with Gasteiger partial charge in [0.15, 0.2) is 0 Å². The molecule has 1 aliphatic rings. The lowest BCUT2D eigenvalue weighted by Crippen LogP contribution is -2.10. The molecule has 1 N–H and O–H groups in total. The number of methoxy groups -OCH3 is 1. The second kappa shape index (κ2) is 3.84. The fraction of sp³-hybridized carbons (Fsp3) is 0.500. The van der Waals surface area contributed by atoms with Crippen LogP contribution in [0.4, 0.5) is 5.95 Å². The fourth-order valence-corrected chi connectivity index (χ4v) is 1.26. The summed E-state index contributed by atoms with van der Waals surface area (Å²) in [6.07, 6.45) is 3.83. The number of nitrogens with zero attached hydrogens (tertiary/aromatic N) is 2. The molecule has 1 saturated carbocycles. The monoisotopic (exact) mass is 207 g/mol. The normalized spacial score (nSPS) is 14.8. The molecule has 0 radical (unpaired) electrons. The average molecular weight is 207 g/mol. The number of carbonyl (C=O) groups excluding carboxylic acids is 1. The minimum Gasteiger partial charge on any atom is -0.465 e. The number of aromatic nitrogens is 2. The van der Waals surface area contributed by atoms with Crippen molar-refractivity contribution in [3.8, 4) is 0 Å². The number of hydrogen-bond acceptors (Lipinski definition) is 5. The Hall–Kier alpha value is -1.65. The summed E-state index contributed by atoms with van der Waals surface area (Å²) in [5, 5.41) is 3.17. The Balaban J connectivity index is 2.17. The van der Waals surface area contributed by atoms with Gasteiger partial charge in [0.1, 0.15) is 0 Å². The molecule has 80 valence electrons. The molecule has 15 heavy (non-hydrogen) atoms. The largest absolute Gasteiger partial charge is 0.465 e. The highest BCUT2D eigenvalue weighted by Gasteiger charge is 2.22. The highest BCUT2D eigenvalue weighted by molar-refractivity contribution is 5.90. The third-order valence-electron chi connectivity index (χ3n) is 2.30. The zero-order valence-electron chi connectivity index (χ0n) is 8.78. The molecule has 1 aliphatic carbocycles. The standard InChI is InChI=1S/C10H13N3O2/c1-6-8(9(14)15-2)5-11-10(12-6)13-7-3-4-7/h5,7H,3-4H2,1-2H3,(H,11,12,13). The van der Waals surface area contributed by atoms with Gasteiger partial charge in [0, 0.05) is 12.2 Å². The number of rotatable bonds is 3. The van der Waals surface area contributed by atoms with Crippen LogP contribution in [0.15, 0.2) is 6.20 Å². The van der Waals surface area contributed by atoms with Gasteiger partial charge in [-0.25, -0.2) is 14.8 Å². The van der Waals surface area contributed by atoms with Crippen LogP contribution in [0.2, 0.25) is 0 Å². The van der Waals surface area contributed by atoms with Crippen LogP contribution in [0, 0.1) is 6.92 Å². The predicted molar refractivity (Wildman–Crippen MR) is 54.8 cm³/mol. The first-order chi connectivity index (χ1) is 7.20. The Labute approximate surface area is 87.9 Å². The van der Waals surface area contributed by atoms with Gasteiger partial charge in [0.2, 0.25) is 5.95 Å². The van der Waals surface area contributed by atoms with Crippen molar-refractivity contribution >= 4 is 11.9 Å². The topological polar surface area (TPSA) is 64.1 Å². The number of anilines is 1. The van der Waals surface area contributed by atoms with Gasteiger partial charge in [0.25, 0.3) is 0 Å². The predicted octanol–water partition coefficient (Wildman–Crippen LogP) is 1.15. The van der Waals surface area contributed by atoms with E-state index in [1.165, 1.54) is 26.1 Å². The maximum Gasteiger partial charge on any atom is 0.341 e. The van der Waals surface area contributed by atoms with Gasteiger partial charge in [-0.1, -0.05) is 0 Å². The summed E-state index contributed by atoms with van der Waals surface area (Å²) in [5.74, 6) is 0.188. The van der Waals surface area contributed by atoms with Crippen LogP contribution < -0.4 is 5.32 Å². The number of esters is 1. The second-order valence-corrected chi connectivity index (χ2v) is 3.60. The number of ether oxygens (including phenoxy) is 1. The number of aryl methyl sites for hydroxylation is 1. The third-order valence-corrected chi connectivity index (χ3v) is 2.30. The molecule has 0 bridgehead atoms. The van der Waals surface area contributed by atoms with E-state index in [9.17, 15) is 4.79 Å². The summed E-state index contributed by atoms with van der Waals surface area (Å²) in [6, 6.07) is 0.508. The zero-order valence-corrected chi connectivity index (χ0v) is 8.78. The molecule has 0 aromatic carbocycles. The first-order valence-electron chi connectivity index (χ1n) is 4.89. The van der Waals surface area contributed by atoms with Crippen LogP contribution >= 0.6 is 0 Å². The van der Waals surface area contributed by atoms with Crippen molar-refractivity contribution in [1.29, 1.82) is 0 Å². The molecule has 5 heteroatoms. The van der Waals surface area contributed by atoms with Crippen molar-refractivity contribution < 1.29 is 9.53 Å². The van der Waals surface area contributed by atoms with Gasteiger partial charge >= 0.3 is 5.97 Å². The van der Waals surface area contributed by atoms with E-state index in [1.54, 1.807) is 6.92 Å². The number of carbonyl (C=O) groups is 1. The minimum atomic E-state index is -0.398. The Morgan fingerprint density at radius 2 is 2.33 bits per heavy atom. The van der Waals surface area contributed by atoms with Gasteiger partial charge in [-0.15, -0.1) is 0 Å². The van der Waals surface area contributed by atoms with E-state index >= 15 is 0 Å². The SMILES string of the molecule is COC(=O)c1cnc(NC2CC2)nc1C. The molecule has 0 aliphatic heterocycles. The van der Waals surface area contributed by atoms with Crippen LogP contribution in [0.1, 0.15) is 28.9 Å². The first kappa shape index (κ1) is 9.89. The van der Waals surface area contributed by atoms with Crippen LogP contribution in [0.5, 0.6) is 0 Å². The van der Waals surface area contributed by atoms with E-state index in [-0.39, 0.29) is 0 Å². The highest BCUT2D eigenvalue weighted by atomic mass is 16.5. The summed E-state index contributed by atoms with van der Waals surface area (Å²) in [6.45, 7) is 1.77. The molecular formula is C10H13N3O2. The van der Waals surface area contributed by atoms with E-state index in [2.05, 4.69) is 20.0 Å². The maximum atomic E-state index is 11.3. The van der Waals surface area contributed by atoms with E-state index in [0.717, 1.165) is 0 Å². The van der Waals surface area contributed by atoms with Crippen molar-refractivity contribution in [3.05, 3.63) is 17.5 Å². The molecule has 0 spiro atoms. The molecule has 2 rings (SSSR count). The Kier molecular flexibility index (Phi) is 2.53. The summed E-state index contributed by atoms with van der Waals surface area (Å²) < 4.78 is 4.61. The first-order valence-corrected chi connectivity index (χ1v) is 4.89. The lowest BCUT2D eigenvalue weighted by Gasteiger charge is -2.06. The van der Waals surface area contributed by atoms with Gasteiger partial charge < -0.3 is 10.1 Å². The van der Waals surface area contributed by atoms with Crippen molar-refractivity contribution in [2.24, 2.45) is 0 Å². The van der Waals surface area contributed by atoms with Crippen LogP contribution in [0.25, 0.3) is 0 Å². The molecule has 1 aromatic heterocycles. The molecule has 0 atom stereocenters. The molecule has 0 amide bonds. The molecule has 1 aromatic rings. The molecule has 1 fully saturated rings. The van der Waals surface area contributed by atoms with Crippen molar-refractivity contribution in [3.63, 3.8) is 0 Å². The van der Waals surface area contributed by atoms with E-state index in [0.29, 0.717) is 23.2 Å². The Bertz CT molecular complexity index is 388. The van der Waals surface area contributed by atoms with E-state index in [4.69, 9.17) is 0 Å². The van der Waals surface area contributed by atoms with Crippen molar-refractivity contribution in [2.45, 2.75) is 25.8 Å². The molecule has 0 unspecified atom stereocenters. The Morgan fingerprint density at radius 3 is 2.87 bits per heavy atom. The summed E-state index contributed by atoms with van der Waals surface area (Å²) in [5.41, 5.74) is 1.05. The van der Waals surface area contributed by atoms with Crippen LogP contribution in [0.3, 0.4) is 0 Å². The third kappa shape index (κ3) is 2.23. The summed E-state index contributed by atoms with van der Waals surface area (Å²) in [7, 11) is 1.35. The summed E-state index contributed by atoms with van der Waals surface area (Å²) in [4.78, 5) is 19.5. The number of hydrogen-bond donors (Lipinski definition) is 1. The lowest BCUT2D eigenvalue weighted by molar-refractivity contribution is 0.0599. The average Bonchev–Trinajstić information content (AvgIpc) is 3.01. The van der Waals surface area contributed by atoms with Crippen LogP contribution in [-0.4, -0.2) is 29.1 Å². The van der Waals surface area contributed by atoms with Crippen LogP contribution in [-0.2, 0) is 4.74 Å². The van der Waals surface area contributed by atoms with E-state index < -0.39 is 5.97 Å².